The number of benzene rings is 2. The average Bonchev–Trinajstić information content (AvgIpc) is 2.63. The van der Waals surface area contributed by atoms with Crippen molar-refractivity contribution in [1.29, 1.82) is 0 Å². The summed E-state index contributed by atoms with van der Waals surface area (Å²) in [5, 5.41) is 0.00269. The van der Waals surface area contributed by atoms with Gasteiger partial charge in [0.2, 0.25) is 0 Å². The molecule has 1 aliphatic rings. The van der Waals surface area contributed by atoms with Gasteiger partial charge in [-0.05, 0) is 37.3 Å². The lowest BCUT2D eigenvalue weighted by Crippen LogP contribution is -2.47. The minimum atomic E-state index is -0.597. The summed E-state index contributed by atoms with van der Waals surface area (Å²) >= 11 is 5.67. The molecule has 1 aliphatic heterocycles. The number of nitrogens with zero attached hydrogens (tertiary/aromatic N) is 1. The lowest BCUT2D eigenvalue weighted by atomic mass is 10.1. The largest absolute Gasteiger partial charge is 0.491 e. The van der Waals surface area contributed by atoms with Crippen LogP contribution in [-0.2, 0) is 4.74 Å². The number of ether oxygens (including phenoxy) is 2. The van der Waals surface area contributed by atoms with Gasteiger partial charge in [0.15, 0.2) is 0 Å². The van der Waals surface area contributed by atoms with Crippen LogP contribution in [0, 0.1) is 12.7 Å². The fraction of sp³-hybridized carbons (Fsp3) is 0.316. The Morgan fingerprint density at radius 2 is 2.08 bits per heavy atom. The number of hydrogen-bond acceptors (Lipinski definition) is 3. The van der Waals surface area contributed by atoms with E-state index in [2.05, 4.69) is 0 Å². The van der Waals surface area contributed by atoms with Crippen LogP contribution in [0.3, 0.4) is 0 Å². The van der Waals surface area contributed by atoms with Gasteiger partial charge in [0.05, 0.1) is 18.2 Å². The summed E-state index contributed by atoms with van der Waals surface area (Å²) in [4.78, 5) is 14.2. The summed E-state index contributed by atoms with van der Waals surface area (Å²) in [6, 6.07) is 11.8. The highest BCUT2D eigenvalue weighted by Crippen LogP contribution is 2.18. The SMILES string of the molecule is Cc1ccc(OCC2CN(C(=O)c3ccc(Cl)c(F)c3)CCO2)cc1. The summed E-state index contributed by atoms with van der Waals surface area (Å²) in [6.45, 7) is 3.64. The van der Waals surface area contributed by atoms with Gasteiger partial charge in [0.1, 0.15) is 24.3 Å². The fourth-order valence-electron chi connectivity index (χ4n) is 2.64. The summed E-state index contributed by atoms with van der Waals surface area (Å²) in [5.41, 5.74) is 1.44. The molecule has 0 bridgehead atoms. The predicted octanol–water partition coefficient (Wildman–Crippen LogP) is 3.71. The molecule has 1 saturated heterocycles. The number of rotatable bonds is 4. The zero-order chi connectivity index (χ0) is 17.8. The second kappa shape index (κ2) is 7.85. The normalized spacial score (nSPS) is 17.4. The number of carbonyl (C=O) groups is 1. The van der Waals surface area contributed by atoms with Crippen molar-refractivity contribution >= 4 is 17.5 Å². The Morgan fingerprint density at radius 3 is 2.80 bits per heavy atom. The Morgan fingerprint density at radius 1 is 1.32 bits per heavy atom. The Balaban J connectivity index is 1.59. The van der Waals surface area contributed by atoms with Crippen LogP contribution < -0.4 is 4.74 Å². The van der Waals surface area contributed by atoms with Crippen molar-refractivity contribution < 1.29 is 18.7 Å². The van der Waals surface area contributed by atoms with Crippen molar-refractivity contribution in [1.82, 2.24) is 4.90 Å². The minimum Gasteiger partial charge on any atom is -0.491 e. The first-order chi connectivity index (χ1) is 12.0. The molecule has 0 aliphatic carbocycles. The van der Waals surface area contributed by atoms with Crippen molar-refractivity contribution in [3.05, 3.63) is 64.4 Å². The Bertz CT molecular complexity index is 751. The summed E-state index contributed by atoms with van der Waals surface area (Å²) in [7, 11) is 0. The van der Waals surface area contributed by atoms with E-state index >= 15 is 0 Å². The first-order valence-electron chi connectivity index (χ1n) is 8.08. The molecule has 25 heavy (non-hydrogen) atoms. The average molecular weight is 364 g/mol. The highest BCUT2D eigenvalue weighted by Gasteiger charge is 2.26. The maximum atomic E-state index is 13.6. The maximum absolute atomic E-state index is 13.6. The molecule has 0 spiro atoms. The topological polar surface area (TPSA) is 38.8 Å². The van der Waals surface area contributed by atoms with Crippen LogP contribution in [0.5, 0.6) is 5.75 Å². The molecule has 1 atom stereocenters. The van der Waals surface area contributed by atoms with E-state index < -0.39 is 5.82 Å². The molecule has 3 rings (SSSR count). The quantitative estimate of drug-likeness (QED) is 0.831. The molecule has 0 N–H and O–H groups in total. The summed E-state index contributed by atoms with van der Waals surface area (Å²) in [6.07, 6.45) is -0.226. The molecule has 4 nitrogen and oxygen atoms in total. The highest BCUT2D eigenvalue weighted by atomic mass is 35.5. The molecule has 0 radical (unpaired) electrons. The van der Waals surface area contributed by atoms with E-state index in [9.17, 15) is 9.18 Å². The van der Waals surface area contributed by atoms with Crippen molar-refractivity contribution in [2.75, 3.05) is 26.3 Å². The number of morpholine rings is 1. The first-order valence-corrected chi connectivity index (χ1v) is 8.46. The maximum Gasteiger partial charge on any atom is 0.254 e. The van der Waals surface area contributed by atoms with Crippen molar-refractivity contribution in [2.45, 2.75) is 13.0 Å². The third-order valence-electron chi connectivity index (χ3n) is 4.05. The van der Waals surface area contributed by atoms with Gasteiger partial charge in [-0.2, -0.15) is 0 Å². The first kappa shape index (κ1) is 17.7. The van der Waals surface area contributed by atoms with Gasteiger partial charge >= 0.3 is 0 Å². The van der Waals surface area contributed by atoms with Gasteiger partial charge in [-0.3, -0.25) is 4.79 Å². The van der Waals surface area contributed by atoms with E-state index in [1.165, 1.54) is 12.1 Å². The summed E-state index contributed by atoms with van der Waals surface area (Å²) in [5.74, 6) is -0.0725. The fourth-order valence-corrected chi connectivity index (χ4v) is 2.76. The lowest BCUT2D eigenvalue weighted by Gasteiger charge is -2.33. The van der Waals surface area contributed by atoms with Crippen LogP contribution in [0.15, 0.2) is 42.5 Å². The van der Waals surface area contributed by atoms with E-state index in [1.54, 1.807) is 4.90 Å². The molecular formula is C19H19ClFNO3. The Labute approximate surface area is 151 Å². The molecule has 0 saturated carbocycles. The Hall–Kier alpha value is -2.11. The van der Waals surface area contributed by atoms with Gasteiger partial charge in [0.25, 0.3) is 5.91 Å². The molecule has 1 amide bonds. The van der Waals surface area contributed by atoms with Crippen molar-refractivity contribution in [3.63, 3.8) is 0 Å². The number of hydrogen-bond donors (Lipinski definition) is 0. The van der Waals surface area contributed by atoms with E-state index in [0.717, 1.165) is 17.4 Å². The molecule has 132 valence electrons. The van der Waals surface area contributed by atoms with E-state index in [0.29, 0.717) is 26.3 Å². The van der Waals surface area contributed by atoms with E-state index in [-0.39, 0.29) is 22.6 Å². The molecule has 1 fully saturated rings. The number of carbonyl (C=O) groups excluding carboxylic acids is 1. The molecule has 2 aromatic carbocycles. The van der Waals surface area contributed by atoms with Crippen LogP contribution in [0.2, 0.25) is 5.02 Å². The van der Waals surface area contributed by atoms with Crippen molar-refractivity contribution in [3.8, 4) is 5.75 Å². The van der Waals surface area contributed by atoms with Crippen LogP contribution in [0.25, 0.3) is 0 Å². The molecule has 6 heteroatoms. The number of amides is 1. The summed E-state index contributed by atoms with van der Waals surface area (Å²) < 4.78 is 25.0. The molecule has 0 aromatic heterocycles. The van der Waals surface area contributed by atoms with Crippen molar-refractivity contribution in [2.24, 2.45) is 0 Å². The highest BCUT2D eigenvalue weighted by molar-refractivity contribution is 6.30. The molecular weight excluding hydrogens is 345 g/mol. The predicted molar refractivity (Wildman–Crippen MR) is 93.7 cm³/mol. The van der Waals surface area contributed by atoms with Crippen LogP contribution in [0.1, 0.15) is 15.9 Å². The van der Waals surface area contributed by atoms with Gasteiger partial charge in [-0.1, -0.05) is 29.3 Å². The zero-order valence-corrected chi connectivity index (χ0v) is 14.6. The minimum absolute atomic E-state index is 0.00269. The van der Waals surface area contributed by atoms with Gasteiger partial charge < -0.3 is 14.4 Å². The Kier molecular flexibility index (Phi) is 5.56. The third kappa shape index (κ3) is 4.50. The van der Waals surface area contributed by atoms with E-state index in [4.69, 9.17) is 21.1 Å². The molecule has 1 heterocycles. The van der Waals surface area contributed by atoms with Crippen LogP contribution >= 0.6 is 11.6 Å². The van der Waals surface area contributed by atoms with Gasteiger partial charge in [0, 0.05) is 12.1 Å². The smallest absolute Gasteiger partial charge is 0.254 e. The van der Waals surface area contributed by atoms with Gasteiger partial charge in [-0.25, -0.2) is 4.39 Å². The number of halogens is 2. The van der Waals surface area contributed by atoms with E-state index in [1.807, 2.05) is 31.2 Å². The van der Waals surface area contributed by atoms with Gasteiger partial charge in [-0.15, -0.1) is 0 Å². The van der Waals surface area contributed by atoms with Crippen LogP contribution in [-0.4, -0.2) is 43.2 Å². The molecule has 2 aromatic rings. The second-order valence-corrected chi connectivity index (χ2v) is 6.40. The van der Waals surface area contributed by atoms with Crippen LogP contribution in [0.4, 0.5) is 4.39 Å². The lowest BCUT2D eigenvalue weighted by molar-refractivity contribution is -0.0401. The standard InChI is InChI=1S/C19H19ClFNO3/c1-13-2-5-15(6-3-13)25-12-16-11-22(8-9-24-16)19(23)14-4-7-17(20)18(21)10-14/h2-7,10,16H,8-9,11-12H2,1H3. The molecule has 1 unspecified atom stereocenters. The third-order valence-corrected chi connectivity index (χ3v) is 4.36. The zero-order valence-electron chi connectivity index (χ0n) is 13.9. The monoisotopic (exact) mass is 363 g/mol. The number of aryl methyl sites for hydroxylation is 1. The second-order valence-electron chi connectivity index (χ2n) is 6.00.